The van der Waals surface area contributed by atoms with Crippen LogP contribution in [0.2, 0.25) is 0 Å². The van der Waals surface area contributed by atoms with Crippen molar-refractivity contribution < 1.29 is 9.90 Å². The highest BCUT2D eigenvalue weighted by molar-refractivity contribution is 5.87. The molecular weight excluding hydrogens is 422 g/mol. The zero-order valence-electron chi connectivity index (χ0n) is 19.0. The van der Waals surface area contributed by atoms with E-state index in [0.717, 1.165) is 37.4 Å². The third-order valence-electron chi connectivity index (χ3n) is 5.94. The van der Waals surface area contributed by atoms with E-state index < -0.39 is 6.09 Å². The summed E-state index contributed by atoms with van der Waals surface area (Å²) in [5, 5.41) is 18.6. The fraction of sp³-hybridized carbons (Fsp3) is 0.391. The van der Waals surface area contributed by atoms with Crippen molar-refractivity contribution in [3.63, 3.8) is 0 Å². The molecule has 1 aromatic carbocycles. The molecule has 0 unspecified atom stereocenters. The summed E-state index contributed by atoms with van der Waals surface area (Å²) >= 11 is 0. The van der Waals surface area contributed by atoms with Crippen molar-refractivity contribution in [1.82, 2.24) is 29.4 Å². The number of likely N-dealkylation sites (N-methyl/N-ethyl adjacent to an activating group) is 1. The van der Waals surface area contributed by atoms with Crippen LogP contribution in [0.5, 0.6) is 0 Å². The predicted octanol–water partition coefficient (Wildman–Crippen LogP) is 1.29. The zero-order valence-corrected chi connectivity index (χ0v) is 19.0. The van der Waals surface area contributed by atoms with Crippen LogP contribution in [0, 0.1) is 0 Å². The lowest BCUT2D eigenvalue weighted by Crippen LogP contribution is -2.47. The highest BCUT2D eigenvalue weighted by Gasteiger charge is 2.21. The Hall–Kier alpha value is -3.50. The van der Waals surface area contributed by atoms with E-state index in [1.54, 1.807) is 34.0 Å². The maximum absolute atomic E-state index is 12.5. The second kappa shape index (κ2) is 9.97. The molecule has 1 aliphatic rings. The van der Waals surface area contributed by atoms with Gasteiger partial charge in [-0.3, -0.25) is 19.3 Å². The molecule has 0 radical (unpaired) electrons. The molecule has 0 saturated carbocycles. The molecule has 2 aromatic heterocycles. The second-order valence-corrected chi connectivity index (χ2v) is 8.33. The van der Waals surface area contributed by atoms with E-state index in [1.165, 1.54) is 11.0 Å². The SMILES string of the molecule is CN1CCN(CCN(C(=O)O)c2ccccc2Cc2nn(-c3cnn(C)c3)ccc2=O)CC1. The van der Waals surface area contributed by atoms with Gasteiger partial charge in [0.15, 0.2) is 0 Å². The van der Waals surface area contributed by atoms with Crippen molar-refractivity contribution in [2.24, 2.45) is 7.05 Å². The summed E-state index contributed by atoms with van der Waals surface area (Å²) in [7, 11) is 3.91. The van der Waals surface area contributed by atoms with E-state index in [1.807, 2.05) is 25.2 Å². The lowest BCUT2D eigenvalue weighted by atomic mass is 10.1. The monoisotopic (exact) mass is 451 g/mol. The lowest BCUT2D eigenvalue weighted by molar-refractivity contribution is 0.155. The molecule has 1 N–H and O–H groups in total. The highest BCUT2D eigenvalue weighted by atomic mass is 16.4. The number of carboxylic acid groups (broad SMARTS) is 1. The van der Waals surface area contributed by atoms with Crippen LogP contribution in [0.1, 0.15) is 11.3 Å². The summed E-state index contributed by atoms with van der Waals surface area (Å²) in [6, 6.07) is 8.78. The largest absolute Gasteiger partial charge is 0.465 e. The van der Waals surface area contributed by atoms with Gasteiger partial charge < -0.3 is 10.0 Å². The molecule has 1 fully saturated rings. The summed E-state index contributed by atoms with van der Waals surface area (Å²) in [6.07, 6.45) is 4.30. The topological polar surface area (TPSA) is 99.7 Å². The van der Waals surface area contributed by atoms with Gasteiger partial charge in [0.2, 0.25) is 5.43 Å². The number of anilines is 1. The van der Waals surface area contributed by atoms with Crippen molar-refractivity contribution in [3.8, 4) is 5.69 Å². The number of aryl methyl sites for hydroxylation is 1. The molecule has 0 atom stereocenters. The standard InChI is InChI=1S/C23H29N7O3/c1-26-9-11-28(12-10-26)13-14-29(23(32)33)21-6-4-3-5-18(21)15-20-22(31)7-8-30(25-20)19-16-24-27(2)17-19/h3-8,16-17H,9-15H2,1-2H3,(H,32,33). The van der Waals surface area contributed by atoms with E-state index in [-0.39, 0.29) is 11.8 Å². The Labute approximate surface area is 192 Å². The summed E-state index contributed by atoms with van der Waals surface area (Å²) in [5.74, 6) is 0. The molecule has 10 nitrogen and oxygen atoms in total. The summed E-state index contributed by atoms with van der Waals surface area (Å²) < 4.78 is 3.27. The molecule has 0 aliphatic carbocycles. The number of nitrogens with zero attached hydrogens (tertiary/aromatic N) is 7. The van der Waals surface area contributed by atoms with Crippen LogP contribution in [0.3, 0.4) is 0 Å². The molecule has 0 spiro atoms. The quantitative estimate of drug-likeness (QED) is 0.578. The van der Waals surface area contributed by atoms with Crippen LogP contribution < -0.4 is 10.3 Å². The molecular formula is C23H29N7O3. The first-order valence-corrected chi connectivity index (χ1v) is 11.0. The van der Waals surface area contributed by atoms with Crippen molar-refractivity contribution >= 4 is 11.8 Å². The number of para-hydroxylation sites is 1. The summed E-state index contributed by atoms with van der Waals surface area (Å²) in [4.78, 5) is 30.6. The molecule has 10 heteroatoms. The van der Waals surface area contributed by atoms with Crippen molar-refractivity contribution in [3.05, 3.63) is 70.4 Å². The van der Waals surface area contributed by atoms with E-state index in [0.29, 0.717) is 24.5 Å². The van der Waals surface area contributed by atoms with Gasteiger partial charge in [-0.25, -0.2) is 9.48 Å². The van der Waals surface area contributed by atoms with Gasteiger partial charge in [-0.15, -0.1) is 0 Å². The maximum Gasteiger partial charge on any atom is 0.411 e. The highest BCUT2D eigenvalue weighted by Crippen LogP contribution is 2.23. The Balaban J connectivity index is 1.56. The van der Waals surface area contributed by atoms with E-state index >= 15 is 0 Å². The Morgan fingerprint density at radius 2 is 1.88 bits per heavy atom. The first-order valence-electron chi connectivity index (χ1n) is 11.0. The summed E-state index contributed by atoms with van der Waals surface area (Å²) in [6.45, 7) is 4.82. The minimum Gasteiger partial charge on any atom is -0.465 e. The Morgan fingerprint density at radius 1 is 1.12 bits per heavy atom. The molecule has 1 saturated heterocycles. The lowest BCUT2D eigenvalue weighted by Gasteiger charge is -2.33. The van der Waals surface area contributed by atoms with Gasteiger partial charge in [0, 0.05) is 65.0 Å². The van der Waals surface area contributed by atoms with Gasteiger partial charge in [0.1, 0.15) is 11.4 Å². The van der Waals surface area contributed by atoms with Gasteiger partial charge in [-0.1, -0.05) is 18.2 Å². The average molecular weight is 452 g/mol. The van der Waals surface area contributed by atoms with Gasteiger partial charge >= 0.3 is 6.09 Å². The van der Waals surface area contributed by atoms with Crippen LogP contribution in [-0.4, -0.2) is 86.9 Å². The molecule has 4 rings (SSSR count). The molecule has 3 heterocycles. The number of aromatic nitrogens is 4. The molecule has 3 aromatic rings. The van der Waals surface area contributed by atoms with Crippen molar-refractivity contribution in [1.29, 1.82) is 0 Å². The number of piperazine rings is 1. The van der Waals surface area contributed by atoms with Crippen molar-refractivity contribution in [2.75, 3.05) is 51.2 Å². The van der Waals surface area contributed by atoms with Crippen LogP contribution in [0.15, 0.2) is 53.7 Å². The molecule has 174 valence electrons. The number of benzene rings is 1. The zero-order chi connectivity index (χ0) is 23.4. The number of carbonyl (C=O) groups is 1. The normalized spacial score (nSPS) is 15.0. The Kier molecular flexibility index (Phi) is 6.85. The van der Waals surface area contributed by atoms with Crippen LogP contribution in [0.25, 0.3) is 5.69 Å². The molecule has 1 aliphatic heterocycles. The predicted molar refractivity (Wildman–Crippen MR) is 125 cm³/mol. The van der Waals surface area contributed by atoms with E-state index in [9.17, 15) is 14.7 Å². The van der Waals surface area contributed by atoms with Gasteiger partial charge in [0.25, 0.3) is 0 Å². The number of hydrogen-bond acceptors (Lipinski definition) is 6. The maximum atomic E-state index is 12.5. The molecule has 0 bridgehead atoms. The van der Waals surface area contributed by atoms with E-state index in [2.05, 4.69) is 27.0 Å². The Morgan fingerprint density at radius 3 is 2.58 bits per heavy atom. The van der Waals surface area contributed by atoms with Crippen LogP contribution in [-0.2, 0) is 13.5 Å². The third kappa shape index (κ3) is 5.47. The number of amides is 1. The van der Waals surface area contributed by atoms with E-state index in [4.69, 9.17) is 0 Å². The average Bonchev–Trinajstić information content (AvgIpc) is 3.24. The smallest absolute Gasteiger partial charge is 0.411 e. The van der Waals surface area contributed by atoms with Gasteiger partial charge in [0.05, 0.1) is 18.1 Å². The molecule has 33 heavy (non-hydrogen) atoms. The van der Waals surface area contributed by atoms with Crippen LogP contribution >= 0.6 is 0 Å². The van der Waals surface area contributed by atoms with Gasteiger partial charge in [-0.2, -0.15) is 10.2 Å². The first kappa shape index (κ1) is 22.7. The number of hydrogen-bond donors (Lipinski definition) is 1. The number of rotatable bonds is 7. The molecule has 1 amide bonds. The minimum atomic E-state index is -1.01. The fourth-order valence-corrected chi connectivity index (χ4v) is 3.98. The third-order valence-corrected chi connectivity index (χ3v) is 5.94. The first-order chi connectivity index (χ1) is 15.9. The van der Waals surface area contributed by atoms with Crippen LogP contribution in [0.4, 0.5) is 10.5 Å². The van der Waals surface area contributed by atoms with Gasteiger partial charge in [-0.05, 0) is 18.7 Å². The second-order valence-electron chi connectivity index (χ2n) is 8.33. The fourth-order valence-electron chi connectivity index (χ4n) is 3.98. The Bertz CT molecular complexity index is 1160. The van der Waals surface area contributed by atoms with Crippen molar-refractivity contribution in [2.45, 2.75) is 6.42 Å². The summed E-state index contributed by atoms with van der Waals surface area (Å²) in [5.41, 5.74) is 2.22. The minimum absolute atomic E-state index is 0.191.